The van der Waals surface area contributed by atoms with Crippen LogP contribution in [0.2, 0.25) is 0 Å². The fourth-order valence-electron chi connectivity index (χ4n) is 2.93. The molecule has 0 heterocycles. The molecule has 0 atom stereocenters. The van der Waals surface area contributed by atoms with Crippen molar-refractivity contribution in [1.82, 2.24) is 0 Å². The zero-order valence-electron chi connectivity index (χ0n) is 16.8. The second kappa shape index (κ2) is 8.22. The second-order valence-corrected chi connectivity index (χ2v) is 7.83. The third-order valence-corrected chi connectivity index (χ3v) is 4.47. The topological polar surface area (TPSA) is 35.5 Å². The van der Waals surface area contributed by atoms with E-state index >= 15 is 0 Å². The summed E-state index contributed by atoms with van der Waals surface area (Å²) < 4.78 is 47.5. The number of benzene rings is 3. The summed E-state index contributed by atoms with van der Waals surface area (Å²) in [4.78, 5) is 11.5. The third-order valence-electron chi connectivity index (χ3n) is 4.47. The molecule has 0 aliphatic carbocycles. The Labute approximate surface area is 173 Å². The van der Waals surface area contributed by atoms with Gasteiger partial charge < -0.3 is 9.47 Å². The predicted molar refractivity (Wildman–Crippen MR) is 109 cm³/mol. The molecule has 0 spiro atoms. The number of hydrogen-bond acceptors (Lipinski definition) is 3. The van der Waals surface area contributed by atoms with Crippen LogP contribution in [0.4, 0.5) is 13.2 Å². The normalized spacial score (nSPS) is 11.8. The highest BCUT2D eigenvalue weighted by Gasteiger charge is 2.31. The van der Waals surface area contributed by atoms with E-state index in [-0.39, 0.29) is 11.2 Å². The van der Waals surface area contributed by atoms with Gasteiger partial charge in [-0.05, 0) is 58.5 Å². The molecule has 0 unspecified atom stereocenters. The summed E-state index contributed by atoms with van der Waals surface area (Å²) in [5.74, 6) is 0.562. The fraction of sp³-hybridized carbons (Fsp3) is 0.208. The number of hydrogen-bond donors (Lipinski definition) is 0. The molecule has 156 valence electrons. The van der Waals surface area contributed by atoms with E-state index in [9.17, 15) is 18.0 Å². The van der Waals surface area contributed by atoms with E-state index in [0.717, 1.165) is 5.56 Å². The number of carbonyl (C=O) groups is 1. The molecule has 0 N–H and O–H groups in total. The summed E-state index contributed by atoms with van der Waals surface area (Å²) in [5, 5.41) is 0. The first-order valence-electron chi connectivity index (χ1n) is 9.29. The van der Waals surface area contributed by atoms with Crippen molar-refractivity contribution in [1.29, 1.82) is 0 Å². The Hall–Kier alpha value is -3.28. The Kier molecular flexibility index (Phi) is 5.87. The Morgan fingerprint density at radius 1 is 0.800 bits per heavy atom. The number of ether oxygens (including phenoxy) is 2. The van der Waals surface area contributed by atoms with Crippen LogP contribution < -0.4 is 9.47 Å². The van der Waals surface area contributed by atoms with E-state index in [1.807, 2.05) is 18.2 Å². The van der Waals surface area contributed by atoms with Crippen molar-refractivity contribution in [2.45, 2.75) is 32.5 Å². The van der Waals surface area contributed by atoms with Gasteiger partial charge in [-0.25, -0.2) is 0 Å². The zero-order valence-corrected chi connectivity index (χ0v) is 16.8. The highest BCUT2D eigenvalue weighted by molar-refractivity contribution is 5.82. The molecule has 0 aliphatic rings. The van der Waals surface area contributed by atoms with Crippen molar-refractivity contribution < 1.29 is 27.4 Å². The smallest absolute Gasteiger partial charge is 0.457 e. The van der Waals surface area contributed by atoms with Gasteiger partial charge in [0.05, 0.1) is 5.56 Å². The van der Waals surface area contributed by atoms with Gasteiger partial charge in [-0.2, -0.15) is 0 Å². The molecule has 0 bridgehead atoms. The van der Waals surface area contributed by atoms with E-state index in [4.69, 9.17) is 4.74 Å². The van der Waals surface area contributed by atoms with Crippen molar-refractivity contribution in [2.24, 2.45) is 0 Å². The van der Waals surface area contributed by atoms with Gasteiger partial charge in [-0.1, -0.05) is 51.1 Å². The number of alkyl halides is 3. The Bertz CT molecular complexity index is 1050. The van der Waals surface area contributed by atoms with E-state index in [0.29, 0.717) is 34.5 Å². The monoisotopic (exact) mass is 414 g/mol. The van der Waals surface area contributed by atoms with Gasteiger partial charge in [0.25, 0.3) is 0 Å². The quantitative estimate of drug-likeness (QED) is 0.416. The average Bonchev–Trinajstić information content (AvgIpc) is 2.66. The molecule has 3 nitrogen and oxygen atoms in total. The zero-order chi connectivity index (χ0) is 21.9. The van der Waals surface area contributed by atoms with Crippen LogP contribution in [-0.2, 0) is 5.41 Å². The maximum absolute atomic E-state index is 12.5. The van der Waals surface area contributed by atoms with Crippen molar-refractivity contribution in [2.75, 3.05) is 0 Å². The molecule has 0 saturated heterocycles. The first kappa shape index (κ1) is 21.4. The van der Waals surface area contributed by atoms with Crippen LogP contribution in [0, 0.1) is 0 Å². The molecule has 0 amide bonds. The Morgan fingerprint density at radius 3 is 2.13 bits per heavy atom. The highest BCUT2D eigenvalue weighted by Crippen LogP contribution is 2.34. The number of aldehydes is 1. The summed E-state index contributed by atoms with van der Waals surface area (Å²) in [7, 11) is 0. The molecular weight excluding hydrogens is 393 g/mol. The van der Waals surface area contributed by atoms with Crippen LogP contribution in [0.3, 0.4) is 0 Å². The molecule has 0 fully saturated rings. The minimum absolute atomic E-state index is 0.0758. The largest absolute Gasteiger partial charge is 0.573 e. The molecule has 0 radical (unpaired) electrons. The maximum atomic E-state index is 12.5. The van der Waals surface area contributed by atoms with Gasteiger partial charge in [0, 0.05) is 0 Å². The van der Waals surface area contributed by atoms with Crippen LogP contribution in [-0.4, -0.2) is 12.6 Å². The predicted octanol–water partition coefficient (Wildman–Crippen LogP) is 7.15. The minimum Gasteiger partial charge on any atom is -0.457 e. The maximum Gasteiger partial charge on any atom is 0.573 e. The number of rotatable bonds is 5. The van der Waals surface area contributed by atoms with Gasteiger partial charge in [0.2, 0.25) is 0 Å². The van der Waals surface area contributed by atoms with Crippen molar-refractivity contribution in [3.8, 4) is 28.4 Å². The van der Waals surface area contributed by atoms with Crippen molar-refractivity contribution in [3.63, 3.8) is 0 Å². The standard InChI is InChI=1S/C24H21F3O3/c1-23(2,3)19-7-5-8-20(14-19)29-22-13-17(10-11-18(22)15-28)16-6-4-9-21(12-16)30-24(25,26)27/h4-15H,1-3H3. The molecule has 0 aromatic heterocycles. The van der Waals surface area contributed by atoms with E-state index in [1.165, 1.54) is 18.2 Å². The van der Waals surface area contributed by atoms with E-state index < -0.39 is 6.36 Å². The van der Waals surface area contributed by atoms with Gasteiger partial charge >= 0.3 is 6.36 Å². The van der Waals surface area contributed by atoms with Gasteiger partial charge in [0.1, 0.15) is 17.2 Å². The Morgan fingerprint density at radius 2 is 1.47 bits per heavy atom. The van der Waals surface area contributed by atoms with Gasteiger partial charge in [-0.3, -0.25) is 4.79 Å². The SMILES string of the molecule is CC(C)(C)c1cccc(Oc2cc(-c3cccc(OC(F)(F)F)c3)ccc2C=O)c1. The second-order valence-electron chi connectivity index (χ2n) is 7.83. The van der Waals surface area contributed by atoms with Crippen molar-refractivity contribution >= 4 is 6.29 Å². The molecule has 3 aromatic carbocycles. The lowest BCUT2D eigenvalue weighted by atomic mass is 9.87. The van der Waals surface area contributed by atoms with Crippen LogP contribution in [0.15, 0.2) is 66.7 Å². The summed E-state index contributed by atoms with van der Waals surface area (Å²) in [6.07, 6.45) is -4.09. The molecule has 3 aromatic rings. The lowest BCUT2D eigenvalue weighted by molar-refractivity contribution is -0.274. The lowest BCUT2D eigenvalue weighted by Crippen LogP contribution is -2.17. The summed E-state index contributed by atoms with van der Waals surface area (Å²) in [6, 6.07) is 18.0. The van der Waals surface area contributed by atoms with Crippen LogP contribution in [0.5, 0.6) is 17.2 Å². The summed E-state index contributed by atoms with van der Waals surface area (Å²) in [6.45, 7) is 6.25. The lowest BCUT2D eigenvalue weighted by Gasteiger charge is -2.20. The minimum atomic E-state index is -4.77. The van der Waals surface area contributed by atoms with Gasteiger partial charge in [-0.15, -0.1) is 13.2 Å². The van der Waals surface area contributed by atoms with E-state index in [2.05, 4.69) is 25.5 Å². The Balaban J connectivity index is 1.95. The van der Waals surface area contributed by atoms with Crippen LogP contribution >= 0.6 is 0 Å². The van der Waals surface area contributed by atoms with E-state index in [1.54, 1.807) is 30.3 Å². The molecular formula is C24H21F3O3. The van der Waals surface area contributed by atoms with Crippen LogP contribution in [0.1, 0.15) is 36.7 Å². The fourth-order valence-corrected chi connectivity index (χ4v) is 2.93. The van der Waals surface area contributed by atoms with Crippen molar-refractivity contribution in [3.05, 3.63) is 77.9 Å². The molecule has 0 saturated carbocycles. The summed E-state index contributed by atoms with van der Waals surface area (Å²) in [5.41, 5.74) is 2.43. The summed E-state index contributed by atoms with van der Waals surface area (Å²) >= 11 is 0. The first-order chi connectivity index (χ1) is 14.0. The molecule has 6 heteroatoms. The number of carbonyl (C=O) groups excluding carboxylic acids is 1. The van der Waals surface area contributed by atoms with Crippen LogP contribution in [0.25, 0.3) is 11.1 Å². The average molecular weight is 414 g/mol. The first-order valence-corrected chi connectivity index (χ1v) is 9.29. The molecule has 0 aliphatic heterocycles. The van der Waals surface area contributed by atoms with Gasteiger partial charge in [0.15, 0.2) is 6.29 Å². The highest BCUT2D eigenvalue weighted by atomic mass is 19.4. The molecule has 3 rings (SSSR count). The third kappa shape index (κ3) is 5.41. The number of halogens is 3. The molecule has 30 heavy (non-hydrogen) atoms.